The number of hydrazine groups is 1. The van der Waals surface area contributed by atoms with Gasteiger partial charge in [0.05, 0.1) is 0 Å². The fourth-order valence-electron chi connectivity index (χ4n) is 0.888. The molecule has 0 saturated heterocycles. The lowest BCUT2D eigenvalue weighted by Gasteiger charge is -2.13. The van der Waals surface area contributed by atoms with E-state index in [-0.39, 0.29) is 0 Å². The zero-order chi connectivity index (χ0) is 7.82. The lowest BCUT2D eigenvalue weighted by Crippen LogP contribution is -2.31. The van der Waals surface area contributed by atoms with E-state index >= 15 is 0 Å². The summed E-state index contributed by atoms with van der Waals surface area (Å²) in [4.78, 5) is 0. The summed E-state index contributed by atoms with van der Waals surface area (Å²) >= 11 is 0. The van der Waals surface area contributed by atoms with Crippen LogP contribution < -0.4 is 5.43 Å². The van der Waals surface area contributed by atoms with Crippen LogP contribution in [0.5, 0.6) is 0 Å². The normalized spacial score (nSPS) is 10.8. The molecule has 0 aliphatic rings. The van der Waals surface area contributed by atoms with Crippen molar-refractivity contribution in [2.24, 2.45) is 0 Å². The Hall–Kier alpha value is -0.0800. The first-order valence-corrected chi connectivity index (χ1v) is 4.19. The molecule has 0 spiro atoms. The van der Waals surface area contributed by atoms with Crippen molar-refractivity contribution >= 4 is 0 Å². The largest absolute Gasteiger partial charge is 0.259 e. The summed E-state index contributed by atoms with van der Waals surface area (Å²) in [5, 5.41) is 2.12. The molecule has 1 N–H and O–H groups in total. The molecule has 0 aromatic carbocycles. The molecular formula is C8H20N2. The van der Waals surface area contributed by atoms with Gasteiger partial charge in [-0.15, -0.1) is 0 Å². The topological polar surface area (TPSA) is 15.3 Å². The van der Waals surface area contributed by atoms with E-state index in [1.54, 1.807) is 0 Å². The number of unbranched alkanes of at least 4 members (excludes halogenated alkanes) is 3. The zero-order valence-electron chi connectivity index (χ0n) is 7.48. The first-order valence-electron chi connectivity index (χ1n) is 4.19. The first kappa shape index (κ1) is 9.92. The van der Waals surface area contributed by atoms with Crippen molar-refractivity contribution in [2.75, 3.05) is 20.6 Å². The Morgan fingerprint density at radius 1 is 1.20 bits per heavy atom. The molecule has 0 bridgehead atoms. The molecule has 0 aliphatic carbocycles. The third-order valence-corrected chi connectivity index (χ3v) is 1.73. The summed E-state index contributed by atoms with van der Waals surface area (Å²) in [7, 11) is 4.03. The standard InChI is InChI=1S/C8H20N2/c1-4-5-6-7-8-10(3)9-2/h9H,4-8H2,1-3H3. The van der Waals surface area contributed by atoms with Crippen LogP contribution in [0.3, 0.4) is 0 Å². The summed E-state index contributed by atoms with van der Waals surface area (Å²) in [6.45, 7) is 3.40. The molecule has 2 heteroatoms. The molecule has 62 valence electrons. The van der Waals surface area contributed by atoms with Gasteiger partial charge in [-0.25, -0.2) is 5.01 Å². The van der Waals surface area contributed by atoms with Crippen LogP contribution >= 0.6 is 0 Å². The van der Waals surface area contributed by atoms with E-state index in [4.69, 9.17) is 0 Å². The van der Waals surface area contributed by atoms with Crippen molar-refractivity contribution in [3.63, 3.8) is 0 Å². The third-order valence-electron chi connectivity index (χ3n) is 1.73. The summed E-state index contributed by atoms with van der Waals surface area (Å²) < 4.78 is 0. The number of hydrogen-bond acceptors (Lipinski definition) is 2. The third kappa shape index (κ3) is 6.05. The predicted molar refractivity (Wildman–Crippen MR) is 45.8 cm³/mol. The molecule has 0 aromatic rings. The van der Waals surface area contributed by atoms with Crippen LogP contribution in [0.1, 0.15) is 32.6 Å². The van der Waals surface area contributed by atoms with Gasteiger partial charge in [0.25, 0.3) is 0 Å². The molecule has 0 saturated carbocycles. The van der Waals surface area contributed by atoms with Gasteiger partial charge in [-0.1, -0.05) is 26.2 Å². The van der Waals surface area contributed by atoms with Crippen LogP contribution in [0.4, 0.5) is 0 Å². The van der Waals surface area contributed by atoms with Gasteiger partial charge in [0.2, 0.25) is 0 Å². The number of hydrogen-bond donors (Lipinski definition) is 1. The van der Waals surface area contributed by atoms with Crippen molar-refractivity contribution in [3.05, 3.63) is 0 Å². The first-order chi connectivity index (χ1) is 4.81. The van der Waals surface area contributed by atoms with E-state index in [9.17, 15) is 0 Å². The van der Waals surface area contributed by atoms with Crippen LogP contribution in [-0.2, 0) is 0 Å². The highest BCUT2D eigenvalue weighted by molar-refractivity contribution is 4.44. The molecule has 0 amide bonds. The minimum absolute atomic E-state index is 1.16. The lowest BCUT2D eigenvalue weighted by atomic mass is 10.2. The second kappa shape index (κ2) is 7.03. The quantitative estimate of drug-likeness (QED) is 0.450. The summed E-state index contributed by atoms with van der Waals surface area (Å²) in [6, 6.07) is 0. The fourth-order valence-corrected chi connectivity index (χ4v) is 0.888. The minimum Gasteiger partial charge on any atom is -0.259 e. The Labute approximate surface area is 64.6 Å². The van der Waals surface area contributed by atoms with Gasteiger partial charge < -0.3 is 0 Å². The summed E-state index contributed by atoms with van der Waals surface area (Å²) in [5.74, 6) is 0. The van der Waals surface area contributed by atoms with Gasteiger partial charge >= 0.3 is 0 Å². The number of nitrogens with zero attached hydrogens (tertiary/aromatic N) is 1. The van der Waals surface area contributed by atoms with Gasteiger partial charge in [-0.2, -0.15) is 0 Å². The Balaban J connectivity index is 2.89. The van der Waals surface area contributed by atoms with Crippen molar-refractivity contribution in [3.8, 4) is 0 Å². The molecule has 0 rings (SSSR count). The summed E-state index contributed by atoms with van der Waals surface area (Å²) in [5.41, 5.74) is 3.08. The van der Waals surface area contributed by atoms with Crippen LogP contribution in [0.25, 0.3) is 0 Å². The highest BCUT2D eigenvalue weighted by atomic mass is 15.5. The van der Waals surface area contributed by atoms with Gasteiger partial charge in [0, 0.05) is 13.6 Å². The minimum atomic E-state index is 1.16. The second-order valence-corrected chi connectivity index (χ2v) is 2.71. The fraction of sp³-hybridized carbons (Fsp3) is 1.00. The van der Waals surface area contributed by atoms with E-state index < -0.39 is 0 Å². The van der Waals surface area contributed by atoms with E-state index in [1.165, 1.54) is 25.7 Å². The van der Waals surface area contributed by atoms with E-state index in [1.807, 2.05) is 7.05 Å². The maximum Gasteiger partial charge on any atom is 0.0127 e. The highest BCUT2D eigenvalue weighted by Crippen LogP contribution is 1.98. The van der Waals surface area contributed by atoms with Gasteiger partial charge in [0.1, 0.15) is 0 Å². The molecule has 10 heavy (non-hydrogen) atoms. The molecule has 2 nitrogen and oxygen atoms in total. The second-order valence-electron chi connectivity index (χ2n) is 2.71. The van der Waals surface area contributed by atoms with Crippen LogP contribution in [-0.4, -0.2) is 25.6 Å². The molecule has 0 aromatic heterocycles. The molecule has 0 radical (unpaired) electrons. The van der Waals surface area contributed by atoms with Gasteiger partial charge in [-0.3, -0.25) is 5.43 Å². The Morgan fingerprint density at radius 2 is 1.90 bits per heavy atom. The van der Waals surface area contributed by atoms with Gasteiger partial charge in [0.15, 0.2) is 0 Å². The molecule has 0 fully saturated rings. The maximum absolute atomic E-state index is 3.08. The maximum atomic E-state index is 3.08. The van der Waals surface area contributed by atoms with Crippen LogP contribution in [0.2, 0.25) is 0 Å². The van der Waals surface area contributed by atoms with Gasteiger partial charge in [-0.05, 0) is 13.5 Å². The van der Waals surface area contributed by atoms with Crippen LogP contribution in [0.15, 0.2) is 0 Å². The monoisotopic (exact) mass is 144 g/mol. The molecule has 0 atom stereocenters. The summed E-state index contributed by atoms with van der Waals surface area (Å²) in [6.07, 6.45) is 5.37. The molecule has 0 unspecified atom stereocenters. The molecule has 0 aliphatic heterocycles. The SMILES string of the molecule is CCCCCCN(C)NC. The Morgan fingerprint density at radius 3 is 2.40 bits per heavy atom. The van der Waals surface area contributed by atoms with Crippen molar-refractivity contribution in [2.45, 2.75) is 32.6 Å². The predicted octanol–water partition coefficient (Wildman–Crippen LogP) is 1.63. The highest BCUT2D eigenvalue weighted by Gasteiger charge is 1.91. The van der Waals surface area contributed by atoms with E-state index in [0.717, 1.165) is 6.54 Å². The molecular weight excluding hydrogens is 124 g/mol. The smallest absolute Gasteiger partial charge is 0.0127 e. The average Bonchev–Trinajstić information content (AvgIpc) is 1.98. The van der Waals surface area contributed by atoms with E-state index in [0.29, 0.717) is 0 Å². The van der Waals surface area contributed by atoms with Crippen molar-refractivity contribution < 1.29 is 0 Å². The average molecular weight is 144 g/mol. The Kier molecular flexibility index (Phi) is 6.98. The van der Waals surface area contributed by atoms with Crippen molar-refractivity contribution in [1.29, 1.82) is 0 Å². The Bertz CT molecular complexity index is 64.3. The zero-order valence-corrected chi connectivity index (χ0v) is 7.48. The number of rotatable bonds is 6. The van der Waals surface area contributed by atoms with Crippen molar-refractivity contribution in [1.82, 2.24) is 10.4 Å². The molecule has 0 heterocycles. The van der Waals surface area contributed by atoms with E-state index in [2.05, 4.69) is 24.4 Å². The number of nitrogens with one attached hydrogen (secondary N) is 1. The van der Waals surface area contributed by atoms with Crippen LogP contribution in [0, 0.1) is 0 Å². The lowest BCUT2D eigenvalue weighted by molar-refractivity contribution is 0.254.